The molecule has 0 N–H and O–H groups in total. The van der Waals surface area contributed by atoms with Crippen LogP contribution in [0.25, 0.3) is 11.3 Å². The summed E-state index contributed by atoms with van der Waals surface area (Å²) in [7, 11) is 0. The van der Waals surface area contributed by atoms with Crippen molar-refractivity contribution in [1.82, 2.24) is 23.6 Å². The molecule has 0 spiro atoms. The van der Waals surface area contributed by atoms with Crippen molar-refractivity contribution in [2.24, 2.45) is 0 Å². The third kappa shape index (κ3) is 2.13. The van der Waals surface area contributed by atoms with E-state index in [1.165, 1.54) is 19.5 Å². The smallest absolute Gasteiger partial charge is 0.269 e. The van der Waals surface area contributed by atoms with Crippen molar-refractivity contribution in [3.63, 3.8) is 0 Å². The summed E-state index contributed by atoms with van der Waals surface area (Å²) in [5, 5.41) is 4.25. The number of pyridine rings is 2. The summed E-state index contributed by atoms with van der Waals surface area (Å²) >= 11 is 0. The number of hydrogen-bond acceptors (Lipinski definition) is 4. The molecular weight excluding hydrogens is 294 g/mol. The number of fused-ring (bicyclic) bond motifs is 2. The second-order valence-electron chi connectivity index (χ2n) is 5.32. The fraction of sp³-hybridized carbons (Fsp3) is 0.125. The predicted octanol–water partition coefficient (Wildman–Crippen LogP) is 0.861. The fourth-order valence-corrected chi connectivity index (χ4v) is 2.67. The highest BCUT2D eigenvalue weighted by Gasteiger charge is 2.09. The molecule has 0 aliphatic heterocycles. The summed E-state index contributed by atoms with van der Waals surface area (Å²) < 4.78 is 4.30. The molecule has 7 heteroatoms. The summed E-state index contributed by atoms with van der Waals surface area (Å²) in [5.41, 5.74) is 2.02. The second-order valence-corrected chi connectivity index (χ2v) is 5.32. The fourth-order valence-electron chi connectivity index (χ4n) is 2.67. The normalized spacial score (nSPS) is 11.3. The summed E-state index contributed by atoms with van der Waals surface area (Å²) in [5.74, 6) is 0. The SMILES string of the molecule is Cc1cccc2nc(Cn3nc4ccccn4c3=O)cc(=O)n12. The molecule has 0 fully saturated rings. The van der Waals surface area contributed by atoms with Crippen molar-refractivity contribution in [3.05, 3.63) is 80.9 Å². The Kier molecular flexibility index (Phi) is 2.87. The van der Waals surface area contributed by atoms with Crippen LogP contribution in [-0.2, 0) is 6.54 Å². The van der Waals surface area contributed by atoms with E-state index in [2.05, 4.69) is 10.1 Å². The number of hydrogen-bond donors (Lipinski definition) is 0. The van der Waals surface area contributed by atoms with Crippen molar-refractivity contribution < 1.29 is 0 Å². The minimum atomic E-state index is -0.258. The van der Waals surface area contributed by atoms with E-state index >= 15 is 0 Å². The Morgan fingerprint density at radius 2 is 1.87 bits per heavy atom. The summed E-state index contributed by atoms with van der Waals surface area (Å²) in [4.78, 5) is 29.0. The van der Waals surface area contributed by atoms with Gasteiger partial charge in [-0.15, -0.1) is 5.10 Å². The van der Waals surface area contributed by atoms with Crippen molar-refractivity contribution in [2.75, 3.05) is 0 Å². The van der Waals surface area contributed by atoms with Gasteiger partial charge in [-0.25, -0.2) is 14.5 Å². The van der Waals surface area contributed by atoms with Crippen LogP contribution in [0.5, 0.6) is 0 Å². The van der Waals surface area contributed by atoms with Gasteiger partial charge in [0.1, 0.15) is 5.65 Å². The van der Waals surface area contributed by atoms with Crippen LogP contribution < -0.4 is 11.2 Å². The molecule has 0 unspecified atom stereocenters. The summed E-state index contributed by atoms with van der Waals surface area (Å²) in [6.45, 7) is 2.00. The Morgan fingerprint density at radius 3 is 2.70 bits per heavy atom. The van der Waals surface area contributed by atoms with E-state index in [9.17, 15) is 9.59 Å². The maximum atomic E-state index is 12.3. The zero-order chi connectivity index (χ0) is 16.0. The van der Waals surface area contributed by atoms with Gasteiger partial charge in [0.25, 0.3) is 5.56 Å². The maximum absolute atomic E-state index is 12.3. The highest BCUT2D eigenvalue weighted by atomic mass is 16.2. The molecule has 0 aromatic carbocycles. The Hall–Kier alpha value is -3.22. The van der Waals surface area contributed by atoms with Gasteiger partial charge < -0.3 is 0 Å². The monoisotopic (exact) mass is 307 g/mol. The van der Waals surface area contributed by atoms with Crippen molar-refractivity contribution in [3.8, 4) is 0 Å². The first-order valence-corrected chi connectivity index (χ1v) is 7.16. The molecule has 4 aromatic rings. The van der Waals surface area contributed by atoms with Crippen LogP contribution in [-0.4, -0.2) is 23.6 Å². The topological polar surface area (TPSA) is 73.7 Å². The van der Waals surface area contributed by atoms with Gasteiger partial charge in [-0.3, -0.25) is 13.6 Å². The standard InChI is InChI=1S/C16H13N5O2/c1-11-5-4-7-13-17-12(9-15(22)21(11)13)10-20-16(23)19-8-3-2-6-14(19)18-20/h2-9H,10H2,1H3. The summed E-state index contributed by atoms with van der Waals surface area (Å²) in [6, 6.07) is 12.2. The molecule has 114 valence electrons. The number of rotatable bonds is 2. The third-order valence-electron chi connectivity index (χ3n) is 3.73. The number of aryl methyl sites for hydroxylation is 1. The van der Waals surface area contributed by atoms with E-state index in [1.54, 1.807) is 24.4 Å². The van der Waals surface area contributed by atoms with Crippen LogP contribution >= 0.6 is 0 Å². The van der Waals surface area contributed by atoms with Crippen LogP contribution in [0.1, 0.15) is 11.4 Å². The number of aromatic nitrogens is 5. The molecule has 0 bridgehead atoms. The first-order valence-electron chi connectivity index (χ1n) is 7.16. The average molecular weight is 307 g/mol. The van der Waals surface area contributed by atoms with E-state index < -0.39 is 0 Å². The molecule has 23 heavy (non-hydrogen) atoms. The van der Waals surface area contributed by atoms with Gasteiger partial charge in [-0.05, 0) is 31.2 Å². The largest absolute Gasteiger partial charge is 0.350 e. The van der Waals surface area contributed by atoms with E-state index in [0.29, 0.717) is 17.0 Å². The molecule has 0 aliphatic carbocycles. The minimum absolute atomic E-state index is 0.153. The molecule has 7 nitrogen and oxygen atoms in total. The lowest BCUT2D eigenvalue weighted by Gasteiger charge is -2.06. The molecule has 4 aromatic heterocycles. The van der Waals surface area contributed by atoms with Gasteiger partial charge in [0.2, 0.25) is 0 Å². The number of nitrogens with zero attached hydrogens (tertiary/aromatic N) is 5. The first-order chi connectivity index (χ1) is 11.1. The van der Waals surface area contributed by atoms with Gasteiger partial charge in [-0.2, -0.15) is 0 Å². The lowest BCUT2D eigenvalue weighted by molar-refractivity contribution is 0.645. The van der Waals surface area contributed by atoms with E-state index in [4.69, 9.17) is 0 Å². The van der Waals surface area contributed by atoms with Crippen LogP contribution in [0.3, 0.4) is 0 Å². The Morgan fingerprint density at radius 1 is 1.04 bits per heavy atom. The Bertz CT molecular complexity index is 1150. The highest BCUT2D eigenvalue weighted by Crippen LogP contribution is 2.04. The van der Waals surface area contributed by atoms with Crippen molar-refractivity contribution >= 4 is 11.3 Å². The molecule has 0 radical (unpaired) electrons. The Balaban J connectivity index is 1.85. The van der Waals surface area contributed by atoms with Crippen molar-refractivity contribution in [2.45, 2.75) is 13.5 Å². The Labute approximate surface area is 130 Å². The first kappa shape index (κ1) is 13.4. The zero-order valence-corrected chi connectivity index (χ0v) is 12.4. The predicted molar refractivity (Wildman–Crippen MR) is 84.8 cm³/mol. The molecule has 0 saturated heterocycles. The molecule has 4 heterocycles. The maximum Gasteiger partial charge on any atom is 0.350 e. The van der Waals surface area contributed by atoms with Crippen molar-refractivity contribution in [1.29, 1.82) is 0 Å². The van der Waals surface area contributed by atoms with Gasteiger partial charge in [0, 0.05) is 18.0 Å². The quantitative estimate of drug-likeness (QED) is 0.550. The molecular formula is C16H13N5O2. The van der Waals surface area contributed by atoms with E-state index in [-0.39, 0.29) is 17.8 Å². The summed E-state index contributed by atoms with van der Waals surface area (Å²) in [6.07, 6.45) is 1.66. The average Bonchev–Trinajstić information content (AvgIpc) is 2.84. The second kappa shape index (κ2) is 4.91. The molecule has 0 aliphatic rings. The highest BCUT2D eigenvalue weighted by molar-refractivity contribution is 5.40. The third-order valence-corrected chi connectivity index (χ3v) is 3.73. The van der Waals surface area contributed by atoms with Gasteiger partial charge in [0.05, 0.1) is 12.2 Å². The van der Waals surface area contributed by atoms with Gasteiger partial charge in [-0.1, -0.05) is 12.1 Å². The molecule has 0 atom stereocenters. The lowest BCUT2D eigenvalue weighted by atomic mass is 10.3. The van der Waals surface area contributed by atoms with Crippen LogP contribution in [0.2, 0.25) is 0 Å². The minimum Gasteiger partial charge on any atom is -0.269 e. The zero-order valence-electron chi connectivity index (χ0n) is 12.4. The van der Waals surface area contributed by atoms with E-state index in [0.717, 1.165) is 5.69 Å². The van der Waals surface area contributed by atoms with E-state index in [1.807, 2.05) is 25.1 Å². The van der Waals surface area contributed by atoms with Gasteiger partial charge in [0.15, 0.2) is 5.65 Å². The van der Waals surface area contributed by atoms with Crippen LogP contribution in [0, 0.1) is 6.92 Å². The van der Waals surface area contributed by atoms with Gasteiger partial charge >= 0.3 is 5.69 Å². The van der Waals surface area contributed by atoms with Crippen LogP contribution in [0.4, 0.5) is 0 Å². The molecule has 4 rings (SSSR count). The molecule has 0 amide bonds. The van der Waals surface area contributed by atoms with Crippen LogP contribution in [0.15, 0.2) is 58.3 Å². The lowest BCUT2D eigenvalue weighted by Crippen LogP contribution is -2.24. The molecule has 0 saturated carbocycles.